The number of para-hydroxylation sites is 1. The van der Waals surface area contributed by atoms with Crippen molar-refractivity contribution in [2.75, 3.05) is 5.32 Å². The first-order valence-electron chi connectivity index (χ1n) is 9.15. The van der Waals surface area contributed by atoms with Crippen LogP contribution in [0, 0.1) is 13.8 Å². The first kappa shape index (κ1) is 18.7. The van der Waals surface area contributed by atoms with Crippen LogP contribution in [0.25, 0.3) is 11.0 Å². The van der Waals surface area contributed by atoms with E-state index in [0.717, 1.165) is 39.8 Å². The third-order valence-corrected chi connectivity index (χ3v) is 4.53. The molecule has 5 nitrogen and oxygen atoms in total. The van der Waals surface area contributed by atoms with Gasteiger partial charge in [0.2, 0.25) is 5.91 Å². The molecule has 3 rings (SSSR count). The van der Waals surface area contributed by atoms with Gasteiger partial charge in [-0.3, -0.25) is 9.59 Å². The molecular formula is C22H24N2O3. The van der Waals surface area contributed by atoms with Crippen LogP contribution in [0.3, 0.4) is 0 Å². The molecule has 5 heteroatoms. The molecule has 2 aromatic carbocycles. The Bertz CT molecular complexity index is 971. The first-order valence-corrected chi connectivity index (χ1v) is 9.15. The second-order valence-electron chi connectivity index (χ2n) is 6.69. The minimum Gasteiger partial charge on any atom is -0.450 e. The Morgan fingerprint density at radius 3 is 2.44 bits per heavy atom. The number of anilines is 1. The van der Waals surface area contributed by atoms with Crippen LogP contribution in [0.15, 0.2) is 46.9 Å². The van der Waals surface area contributed by atoms with Crippen LogP contribution in [0.2, 0.25) is 0 Å². The SMILES string of the molecule is CCCC(=O)Nc1ccc(CNC(=O)c2oc3c(C)cccc3c2C)cc1. The molecule has 140 valence electrons. The fraction of sp³-hybridized carbons (Fsp3) is 0.273. The molecule has 0 unspecified atom stereocenters. The number of hydrogen-bond donors (Lipinski definition) is 2. The molecule has 0 aliphatic carbocycles. The lowest BCUT2D eigenvalue weighted by Crippen LogP contribution is -2.23. The van der Waals surface area contributed by atoms with E-state index in [1.807, 2.05) is 63.2 Å². The largest absolute Gasteiger partial charge is 0.450 e. The second kappa shape index (κ2) is 8.08. The van der Waals surface area contributed by atoms with Gasteiger partial charge in [0.15, 0.2) is 5.76 Å². The maximum absolute atomic E-state index is 12.5. The second-order valence-corrected chi connectivity index (χ2v) is 6.69. The summed E-state index contributed by atoms with van der Waals surface area (Å²) in [6.45, 7) is 6.22. The van der Waals surface area contributed by atoms with Crippen molar-refractivity contribution in [3.05, 3.63) is 64.9 Å². The van der Waals surface area contributed by atoms with Gasteiger partial charge in [0.05, 0.1) is 0 Å². The predicted octanol–water partition coefficient (Wildman–Crippen LogP) is 4.72. The molecule has 0 bridgehead atoms. The molecular weight excluding hydrogens is 340 g/mol. The summed E-state index contributed by atoms with van der Waals surface area (Å²) >= 11 is 0. The van der Waals surface area contributed by atoms with Crippen molar-refractivity contribution < 1.29 is 14.0 Å². The smallest absolute Gasteiger partial charge is 0.287 e. The van der Waals surface area contributed by atoms with E-state index >= 15 is 0 Å². The topological polar surface area (TPSA) is 71.3 Å². The molecule has 1 heterocycles. The van der Waals surface area contributed by atoms with E-state index in [4.69, 9.17) is 4.42 Å². The van der Waals surface area contributed by atoms with Crippen molar-refractivity contribution in [3.63, 3.8) is 0 Å². The van der Waals surface area contributed by atoms with E-state index in [1.165, 1.54) is 0 Å². The van der Waals surface area contributed by atoms with Crippen LogP contribution in [-0.2, 0) is 11.3 Å². The van der Waals surface area contributed by atoms with Crippen LogP contribution in [0.1, 0.15) is 47.0 Å². The summed E-state index contributed by atoms with van der Waals surface area (Å²) in [6.07, 6.45) is 1.32. The molecule has 0 saturated heterocycles. The average molecular weight is 364 g/mol. The zero-order chi connectivity index (χ0) is 19.4. The summed E-state index contributed by atoms with van der Waals surface area (Å²) in [5.41, 5.74) is 4.32. The lowest BCUT2D eigenvalue weighted by atomic mass is 10.1. The fourth-order valence-corrected chi connectivity index (χ4v) is 3.02. The van der Waals surface area contributed by atoms with Gasteiger partial charge >= 0.3 is 0 Å². The van der Waals surface area contributed by atoms with Crippen LogP contribution < -0.4 is 10.6 Å². The first-order chi connectivity index (χ1) is 13.0. The highest BCUT2D eigenvalue weighted by Crippen LogP contribution is 2.27. The van der Waals surface area contributed by atoms with E-state index in [2.05, 4.69) is 10.6 Å². The lowest BCUT2D eigenvalue weighted by molar-refractivity contribution is -0.116. The standard InChI is InChI=1S/C22H24N2O3/c1-4-6-19(25)24-17-11-9-16(10-12-17)13-23-22(26)21-15(3)18-8-5-7-14(2)20(18)27-21/h5,7-12H,4,6,13H2,1-3H3,(H,23,26)(H,24,25). The highest BCUT2D eigenvalue weighted by molar-refractivity contribution is 5.99. The molecule has 0 atom stereocenters. The van der Waals surface area contributed by atoms with Crippen LogP contribution in [0.5, 0.6) is 0 Å². The number of nitrogens with one attached hydrogen (secondary N) is 2. The Hall–Kier alpha value is -3.08. The molecule has 2 N–H and O–H groups in total. The Labute approximate surface area is 158 Å². The summed E-state index contributed by atoms with van der Waals surface area (Å²) in [7, 11) is 0. The minimum atomic E-state index is -0.233. The van der Waals surface area contributed by atoms with Gasteiger partial charge in [-0.2, -0.15) is 0 Å². The highest BCUT2D eigenvalue weighted by atomic mass is 16.3. The van der Waals surface area contributed by atoms with Crippen molar-refractivity contribution in [1.82, 2.24) is 5.32 Å². The number of furan rings is 1. The Morgan fingerprint density at radius 1 is 1.04 bits per heavy atom. The fourth-order valence-electron chi connectivity index (χ4n) is 3.02. The third kappa shape index (κ3) is 4.19. The van der Waals surface area contributed by atoms with Gasteiger partial charge in [-0.05, 0) is 43.5 Å². The molecule has 0 saturated carbocycles. The molecule has 27 heavy (non-hydrogen) atoms. The number of amides is 2. The van der Waals surface area contributed by atoms with Gasteiger partial charge in [-0.25, -0.2) is 0 Å². The van der Waals surface area contributed by atoms with Gasteiger partial charge in [0.25, 0.3) is 5.91 Å². The summed E-state index contributed by atoms with van der Waals surface area (Å²) < 4.78 is 5.81. The van der Waals surface area contributed by atoms with Crippen molar-refractivity contribution in [3.8, 4) is 0 Å². The summed E-state index contributed by atoms with van der Waals surface area (Å²) in [5, 5.41) is 6.71. The normalized spacial score (nSPS) is 10.8. The summed E-state index contributed by atoms with van der Waals surface area (Å²) in [6, 6.07) is 13.3. The van der Waals surface area contributed by atoms with Crippen LogP contribution in [-0.4, -0.2) is 11.8 Å². The number of rotatable bonds is 6. The number of hydrogen-bond acceptors (Lipinski definition) is 3. The molecule has 1 aromatic heterocycles. The Kier molecular flexibility index (Phi) is 5.60. The number of fused-ring (bicyclic) bond motifs is 1. The molecule has 0 spiro atoms. The van der Waals surface area contributed by atoms with E-state index < -0.39 is 0 Å². The van der Waals surface area contributed by atoms with Crippen LogP contribution in [0.4, 0.5) is 5.69 Å². The van der Waals surface area contributed by atoms with Crippen molar-refractivity contribution in [1.29, 1.82) is 0 Å². The number of aryl methyl sites for hydroxylation is 2. The van der Waals surface area contributed by atoms with Gasteiger partial charge < -0.3 is 15.1 Å². The minimum absolute atomic E-state index is 0.00852. The van der Waals surface area contributed by atoms with Crippen molar-refractivity contribution in [2.45, 2.75) is 40.2 Å². The number of carbonyl (C=O) groups excluding carboxylic acids is 2. The van der Waals surface area contributed by atoms with E-state index in [1.54, 1.807) is 0 Å². The van der Waals surface area contributed by atoms with E-state index in [-0.39, 0.29) is 11.8 Å². The highest BCUT2D eigenvalue weighted by Gasteiger charge is 2.18. The van der Waals surface area contributed by atoms with Gasteiger partial charge in [-0.15, -0.1) is 0 Å². The number of carbonyl (C=O) groups is 2. The van der Waals surface area contributed by atoms with E-state index in [9.17, 15) is 9.59 Å². The quantitative estimate of drug-likeness (QED) is 0.665. The van der Waals surface area contributed by atoms with Crippen molar-refractivity contribution >= 4 is 28.5 Å². The van der Waals surface area contributed by atoms with Gasteiger partial charge in [0, 0.05) is 29.6 Å². The average Bonchev–Trinajstić information content (AvgIpc) is 2.99. The molecule has 0 aliphatic heterocycles. The zero-order valence-corrected chi connectivity index (χ0v) is 15.9. The third-order valence-electron chi connectivity index (χ3n) is 4.53. The zero-order valence-electron chi connectivity index (χ0n) is 15.9. The maximum atomic E-state index is 12.5. The Morgan fingerprint density at radius 2 is 1.78 bits per heavy atom. The molecule has 3 aromatic rings. The lowest BCUT2D eigenvalue weighted by Gasteiger charge is -2.07. The summed E-state index contributed by atoms with van der Waals surface area (Å²) in [5.74, 6) is 0.125. The van der Waals surface area contributed by atoms with E-state index in [0.29, 0.717) is 18.7 Å². The van der Waals surface area contributed by atoms with Gasteiger partial charge in [-0.1, -0.05) is 37.3 Å². The predicted molar refractivity (Wildman–Crippen MR) is 107 cm³/mol. The summed E-state index contributed by atoms with van der Waals surface area (Å²) in [4.78, 5) is 24.2. The monoisotopic (exact) mass is 364 g/mol. The molecule has 0 aliphatic rings. The molecule has 0 fully saturated rings. The number of benzene rings is 2. The molecule has 2 amide bonds. The van der Waals surface area contributed by atoms with Crippen LogP contribution >= 0.6 is 0 Å². The van der Waals surface area contributed by atoms with Crippen molar-refractivity contribution in [2.24, 2.45) is 0 Å². The van der Waals surface area contributed by atoms with Gasteiger partial charge in [0.1, 0.15) is 5.58 Å². The molecule has 0 radical (unpaired) electrons. The maximum Gasteiger partial charge on any atom is 0.287 e. The Balaban J connectivity index is 1.65.